The van der Waals surface area contributed by atoms with Crippen molar-refractivity contribution in [3.05, 3.63) is 0 Å². The van der Waals surface area contributed by atoms with Crippen LogP contribution in [0.2, 0.25) is 0 Å². The summed E-state index contributed by atoms with van der Waals surface area (Å²) in [6.07, 6.45) is 11.2. The summed E-state index contributed by atoms with van der Waals surface area (Å²) in [7, 11) is 0. The standard InChI is InChI=1S/C17H33N3/c1-2-15-7-8-17(13-15,14-18)20-11-9-19(10-12-20)16-5-3-4-6-16/h15-16H,2-14,18H2,1H3. The van der Waals surface area contributed by atoms with E-state index in [4.69, 9.17) is 5.73 Å². The summed E-state index contributed by atoms with van der Waals surface area (Å²) in [6.45, 7) is 8.28. The maximum absolute atomic E-state index is 6.22. The van der Waals surface area contributed by atoms with Gasteiger partial charge in [-0.25, -0.2) is 0 Å². The minimum absolute atomic E-state index is 0.350. The van der Waals surface area contributed by atoms with Crippen LogP contribution in [0.4, 0.5) is 0 Å². The Hall–Kier alpha value is -0.120. The smallest absolute Gasteiger partial charge is 0.0335 e. The molecule has 2 aliphatic carbocycles. The van der Waals surface area contributed by atoms with Gasteiger partial charge in [-0.15, -0.1) is 0 Å². The fourth-order valence-corrected chi connectivity index (χ4v) is 5.00. The first-order chi connectivity index (χ1) is 9.77. The number of nitrogens with zero attached hydrogens (tertiary/aromatic N) is 2. The fourth-order valence-electron chi connectivity index (χ4n) is 5.00. The molecule has 3 fully saturated rings. The second kappa shape index (κ2) is 6.33. The van der Waals surface area contributed by atoms with Crippen LogP contribution in [0.15, 0.2) is 0 Å². The maximum Gasteiger partial charge on any atom is 0.0335 e. The zero-order valence-corrected chi connectivity index (χ0v) is 13.3. The molecule has 0 amide bonds. The third-order valence-electron chi connectivity index (χ3n) is 6.47. The molecular formula is C17H33N3. The monoisotopic (exact) mass is 279 g/mol. The van der Waals surface area contributed by atoms with Crippen molar-refractivity contribution in [1.82, 2.24) is 9.80 Å². The van der Waals surface area contributed by atoms with E-state index in [1.54, 1.807) is 0 Å². The van der Waals surface area contributed by atoms with Crippen LogP contribution < -0.4 is 5.73 Å². The lowest BCUT2D eigenvalue weighted by molar-refractivity contribution is 0.0225. The van der Waals surface area contributed by atoms with Gasteiger partial charge in [0.25, 0.3) is 0 Å². The largest absolute Gasteiger partial charge is 0.329 e. The van der Waals surface area contributed by atoms with E-state index in [2.05, 4.69) is 16.7 Å². The van der Waals surface area contributed by atoms with Crippen molar-refractivity contribution in [2.45, 2.75) is 69.9 Å². The van der Waals surface area contributed by atoms with E-state index in [0.29, 0.717) is 5.54 Å². The van der Waals surface area contributed by atoms with Crippen molar-refractivity contribution >= 4 is 0 Å². The summed E-state index contributed by atoms with van der Waals surface area (Å²) >= 11 is 0. The zero-order chi connectivity index (χ0) is 14.0. The topological polar surface area (TPSA) is 32.5 Å². The predicted octanol–water partition coefficient (Wildman–Crippen LogP) is 2.45. The first kappa shape index (κ1) is 14.8. The van der Waals surface area contributed by atoms with Gasteiger partial charge in [0.05, 0.1) is 0 Å². The van der Waals surface area contributed by atoms with Gasteiger partial charge in [0.2, 0.25) is 0 Å². The molecule has 0 aromatic heterocycles. The van der Waals surface area contributed by atoms with Crippen LogP contribution in [0, 0.1) is 5.92 Å². The van der Waals surface area contributed by atoms with Gasteiger partial charge < -0.3 is 5.73 Å². The molecule has 116 valence electrons. The van der Waals surface area contributed by atoms with Crippen molar-refractivity contribution in [2.75, 3.05) is 32.7 Å². The maximum atomic E-state index is 6.22. The molecule has 1 heterocycles. The van der Waals surface area contributed by atoms with Crippen LogP contribution in [0.3, 0.4) is 0 Å². The molecule has 3 aliphatic rings. The van der Waals surface area contributed by atoms with E-state index in [-0.39, 0.29) is 0 Å². The van der Waals surface area contributed by atoms with Gasteiger partial charge in [-0.2, -0.15) is 0 Å². The van der Waals surface area contributed by atoms with Crippen LogP contribution in [-0.2, 0) is 0 Å². The molecule has 3 heteroatoms. The van der Waals surface area contributed by atoms with E-state index in [1.807, 2.05) is 0 Å². The van der Waals surface area contributed by atoms with Crippen LogP contribution in [0.1, 0.15) is 58.3 Å². The number of piperazine rings is 1. The number of rotatable bonds is 4. The lowest BCUT2D eigenvalue weighted by Gasteiger charge is -2.47. The summed E-state index contributed by atoms with van der Waals surface area (Å²) in [4.78, 5) is 5.52. The van der Waals surface area contributed by atoms with Crippen molar-refractivity contribution < 1.29 is 0 Å². The molecule has 1 saturated heterocycles. The highest BCUT2D eigenvalue weighted by Crippen LogP contribution is 2.40. The highest BCUT2D eigenvalue weighted by Gasteiger charge is 2.43. The fraction of sp³-hybridized carbons (Fsp3) is 1.00. The zero-order valence-electron chi connectivity index (χ0n) is 13.3. The molecule has 2 saturated carbocycles. The molecular weight excluding hydrogens is 246 g/mol. The lowest BCUT2D eigenvalue weighted by atomic mass is 9.92. The average Bonchev–Trinajstić information content (AvgIpc) is 3.17. The highest BCUT2D eigenvalue weighted by molar-refractivity contribution is 5.00. The van der Waals surface area contributed by atoms with E-state index >= 15 is 0 Å². The molecule has 3 rings (SSSR count). The molecule has 20 heavy (non-hydrogen) atoms. The molecule has 2 N–H and O–H groups in total. The molecule has 0 radical (unpaired) electrons. The SMILES string of the molecule is CCC1CCC(CN)(N2CCN(C3CCCC3)CC2)C1. The third kappa shape index (κ3) is 2.77. The van der Waals surface area contributed by atoms with Gasteiger partial charge >= 0.3 is 0 Å². The molecule has 0 spiro atoms. The van der Waals surface area contributed by atoms with Gasteiger partial charge in [-0.1, -0.05) is 26.2 Å². The lowest BCUT2D eigenvalue weighted by Crippen LogP contribution is -2.60. The number of hydrogen-bond donors (Lipinski definition) is 1. The van der Waals surface area contributed by atoms with E-state index < -0.39 is 0 Å². The molecule has 0 aromatic rings. The molecule has 0 bridgehead atoms. The molecule has 2 atom stereocenters. The van der Waals surface area contributed by atoms with Gasteiger partial charge in [-0.05, 0) is 38.0 Å². The van der Waals surface area contributed by atoms with E-state index in [1.165, 1.54) is 77.5 Å². The Bertz CT molecular complexity index is 305. The second-order valence-corrected chi connectivity index (χ2v) is 7.41. The Morgan fingerprint density at radius 2 is 1.75 bits per heavy atom. The van der Waals surface area contributed by atoms with Crippen LogP contribution in [0.25, 0.3) is 0 Å². The van der Waals surface area contributed by atoms with Gasteiger partial charge in [0.1, 0.15) is 0 Å². The van der Waals surface area contributed by atoms with E-state index in [9.17, 15) is 0 Å². The van der Waals surface area contributed by atoms with Crippen molar-refractivity contribution in [1.29, 1.82) is 0 Å². The van der Waals surface area contributed by atoms with Gasteiger partial charge in [0, 0.05) is 44.3 Å². The Labute approximate surface area is 124 Å². The highest BCUT2D eigenvalue weighted by atomic mass is 15.3. The quantitative estimate of drug-likeness (QED) is 0.858. The Balaban J connectivity index is 1.56. The second-order valence-electron chi connectivity index (χ2n) is 7.41. The average molecular weight is 279 g/mol. The summed E-state index contributed by atoms with van der Waals surface area (Å²) in [5, 5.41) is 0. The van der Waals surface area contributed by atoms with Gasteiger partial charge in [-0.3, -0.25) is 9.80 Å². The minimum atomic E-state index is 0.350. The van der Waals surface area contributed by atoms with Crippen LogP contribution in [-0.4, -0.2) is 54.1 Å². The predicted molar refractivity (Wildman–Crippen MR) is 84.8 cm³/mol. The first-order valence-corrected chi connectivity index (χ1v) is 8.96. The van der Waals surface area contributed by atoms with Crippen LogP contribution in [0.5, 0.6) is 0 Å². The van der Waals surface area contributed by atoms with Gasteiger partial charge in [0.15, 0.2) is 0 Å². The normalized spacial score (nSPS) is 37.8. The van der Waals surface area contributed by atoms with Crippen LogP contribution >= 0.6 is 0 Å². The molecule has 1 aliphatic heterocycles. The number of nitrogens with two attached hydrogens (primary N) is 1. The minimum Gasteiger partial charge on any atom is -0.329 e. The Morgan fingerprint density at radius 1 is 1.05 bits per heavy atom. The summed E-state index contributed by atoms with van der Waals surface area (Å²) in [5.74, 6) is 0.923. The Morgan fingerprint density at radius 3 is 2.30 bits per heavy atom. The molecule has 2 unspecified atom stereocenters. The number of hydrogen-bond acceptors (Lipinski definition) is 3. The van der Waals surface area contributed by atoms with E-state index in [0.717, 1.165) is 18.5 Å². The first-order valence-electron chi connectivity index (χ1n) is 8.96. The summed E-state index contributed by atoms with van der Waals surface area (Å²) < 4.78 is 0. The molecule has 3 nitrogen and oxygen atoms in total. The summed E-state index contributed by atoms with van der Waals surface area (Å²) in [5.41, 5.74) is 6.57. The van der Waals surface area contributed by atoms with Crippen molar-refractivity contribution in [3.8, 4) is 0 Å². The molecule has 0 aromatic carbocycles. The summed E-state index contributed by atoms with van der Waals surface area (Å²) in [6, 6.07) is 0.901. The van der Waals surface area contributed by atoms with Crippen molar-refractivity contribution in [3.63, 3.8) is 0 Å². The van der Waals surface area contributed by atoms with Crippen molar-refractivity contribution in [2.24, 2.45) is 11.7 Å². The Kier molecular flexibility index (Phi) is 4.68. The third-order valence-corrected chi connectivity index (χ3v) is 6.47.